The highest BCUT2D eigenvalue weighted by molar-refractivity contribution is 6.00. The van der Waals surface area contributed by atoms with Crippen LogP contribution in [0.2, 0.25) is 0 Å². The van der Waals surface area contributed by atoms with Crippen molar-refractivity contribution in [2.24, 2.45) is 41.4 Å². The van der Waals surface area contributed by atoms with Gasteiger partial charge >= 0.3 is 6.09 Å². The second-order valence-electron chi connectivity index (χ2n) is 30.1. The van der Waals surface area contributed by atoms with Crippen molar-refractivity contribution in [1.29, 1.82) is 0 Å². The molecule has 0 aliphatic carbocycles. The average Bonchev–Trinajstić information content (AvgIpc) is 0.809. The zero-order chi connectivity index (χ0) is 76.1. The normalized spacial score (nSPS) is 27.1. The molecule has 2 fully saturated rings. The highest BCUT2D eigenvalue weighted by Gasteiger charge is 2.47. The van der Waals surface area contributed by atoms with Gasteiger partial charge in [0, 0.05) is 62.4 Å². The Morgan fingerprint density at radius 3 is 1.49 bits per heavy atom. The number of carbonyl (C=O) groups is 12. The van der Waals surface area contributed by atoms with Gasteiger partial charge in [0.2, 0.25) is 65.0 Å². The molecule has 2 aliphatic heterocycles. The van der Waals surface area contributed by atoms with Crippen molar-refractivity contribution in [2.75, 3.05) is 83.1 Å². The Labute approximate surface area is 592 Å². The summed E-state index contributed by atoms with van der Waals surface area (Å²) < 4.78 is 5.73. The number of hydrogen-bond acceptors (Lipinski definition) is 15. The van der Waals surface area contributed by atoms with Crippen molar-refractivity contribution in [3.05, 3.63) is 12.2 Å². The minimum atomic E-state index is -1.65. The number of rotatable bonds is 19. The first-order valence-electron chi connectivity index (χ1n) is 35.9. The van der Waals surface area contributed by atoms with Gasteiger partial charge in [0.25, 0.3) is 0 Å². The van der Waals surface area contributed by atoms with E-state index in [-0.39, 0.29) is 75.3 Å². The Bertz CT molecular complexity index is 2760. The van der Waals surface area contributed by atoms with E-state index >= 15 is 28.8 Å². The maximum atomic E-state index is 15.3. The molecule has 5 N–H and O–H groups in total. The van der Waals surface area contributed by atoms with Crippen molar-refractivity contribution < 1.29 is 67.4 Å². The van der Waals surface area contributed by atoms with Crippen molar-refractivity contribution >= 4 is 71.1 Å². The van der Waals surface area contributed by atoms with Crippen molar-refractivity contribution in [2.45, 2.75) is 254 Å². The molecule has 12 amide bonds. The summed E-state index contributed by atoms with van der Waals surface area (Å²) in [5.41, 5.74) is 0. The lowest BCUT2D eigenvalue weighted by Crippen LogP contribution is -2.64. The van der Waals surface area contributed by atoms with Crippen LogP contribution in [0.25, 0.3) is 0 Å². The van der Waals surface area contributed by atoms with Crippen molar-refractivity contribution in [1.82, 2.24) is 65.4 Å². The molecular formula is C72H129N13O14. The standard InChI is InChI=1S/C72H129N13O14/c1-27-29-31-47(14)60(86)59-64(90)75-52(28-2)67(93)78(19)50(17)66(92)84(25)58(46(13)32-30-37-99-72(98)79(20)51-33-35-77(18)36-34-51)63(89)76-56(44(9)10)70(96)80(21)53(38-41(3)4)62(88)73-48(15)61(87)74-49(16)65(91)81(22)54(39-42(5)6)68(94)82(23)55(40-43(7)8)69(95)83(24)57(45(11)12)71(97)85(59)26/h27,29,41-60,86H,28,30-40H2,1-26H3,(H,73,88)(H,74,87)(H,75,90)(H,76,89)/b29-27+/t46-,47-,48+,49-,50-,52+,53+,54+,55+,56?,57?,58+,59+,60-/m1/s1. The van der Waals surface area contributed by atoms with Crippen LogP contribution >= 0.6 is 0 Å². The monoisotopic (exact) mass is 1400 g/mol. The summed E-state index contributed by atoms with van der Waals surface area (Å²) >= 11 is 0. The minimum Gasteiger partial charge on any atom is -0.449 e. The lowest BCUT2D eigenvalue weighted by Gasteiger charge is -2.41. The van der Waals surface area contributed by atoms with Gasteiger partial charge in [-0.05, 0) is 147 Å². The predicted octanol–water partition coefficient (Wildman–Crippen LogP) is 4.19. The molecule has 99 heavy (non-hydrogen) atoms. The van der Waals surface area contributed by atoms with Crippen LogP contribution in [0.15, 0.2) is 12.2 Å². The molecule has 0 aromatic rings. The van der Waals surface area contributed by atoms with E-state index in [1.54, 1.807) is 79.5 Å². The van der Waals surface area contributed by atoms with E-state index in [9.17, 15) is 33.9 Å². The highest BCUT2D eigenvalue weighted by atomic mass is 16.6. The van der Waals surface area contributed by atoms with Crippen molar-refractivity contribution in [3.8, 4) is 0 Å². The number of carbonyl (C=O) groups excluding carboxylic acids is 12. The zero-order valence-corrected chi connectivity index (χ0v) is 65.0. The number of likely N-dealkylation sites (tertiary alicyclic amines) is 1. The smallest absolute Gasteiger partial charge is 0.409 e. The molecule has 566 valence electrons. The molecule has 2 heterocycles. The molecule has 27 nitrogen and oxygen atoms in total. The van der Waals surface area contributed by atoms with Gasteiger partial charge < -0.3 is 75.2 Å². The number of amides is 12. The van der Waals surface area contributed by atoms with Gasteiger partial charge in [-0.3, -0.25) is 52.7 Å². The largest absolute Gasteiger partial charge is 0.449 e. The maximum absolute atomic E-state index is 15.3. The van der Waals surface area contributed by atoms with E-state index < -0.39 is 167 Å². The summed E-state index contributed by atoms with van der Waals surface area (Å²) in [6.07, 6.45) is 4.27. The van der Waals surface area contributed by atoms with Crippen LogP contribution in [0.4, 0.5) is 4.79 Å². The van der Waals surface area contributed by atoms with Crippen molar-refractivity contribution in [3.63, 3.8) is 0 Å². The van der Waals surface area contributed by atoms with Gasteiger partial charge in [0.1, 0.15) is 66.5 Å². The molecule has 2 unspecified atom stereocenters. The SMILES string of the molecule is C/C=C/C[C@@H](C)[C@@H](O)[C@H]1C(=O)N[C@@H](CC)C(=O)N(C)[C@H](C)C(=O)N(C)[C@@H]([C@H](C)CCCOC(=O)N(C)C2CCN(C)CC2)C(=O)NC(C(C)C)C(=O)N(C)[C@@H](CC(C)C)C(=O)N[C@@H](C)C(=O)N[C@H](C)C(=O)N(C)[C@@H](CC(C)C)C(=O)N(C)[C@@H](CC(C)C)C(=O)N(C)C(C(C)C)C(=O)N1C. The van der Waals surface area contributed by atoms with E-state index in [1.807, 2.05) is 48.6 Å². The van der Waals surface area contributed by atoms with Crippen LogP contribution in [-0.4, -0.2) is 282 Å². The van der Waals surface area contributed by atoms with Gasteiger partial charge in [0.15, 0.2) is 0 Å². The number of nitrogens with one attached hydrogen (secondary N) is 4. The first-order chi connectivity index (χ1) is 45.9. The molecule has 27 heteroatoms. The first-order valence-corrected chi connectivity index (χ1v) is 35.9. The topological polar surface area (TPSA) is 312 Å². The van der Waals surface area contributed by atoms with Crippen LogP contribution in [0, 0.1) is 41.4 Å². The fourth-order valence-electron chi connectivity index (χ4n) is 13.2. The summed E-state index contributed by atoms with van der Waals surface area (Å²) in [6, 6.07) is -14.2. The van der Waals surface area contributed by atoms with Crippen LogP contribution < -0.4 is 21.3 Å². The number of hydrogen-bond donors (Lipinski definition) is 5. The molecule has 2 rings (SSSR count). The lowest BCUT2D eigenvalue weighted by atomic mass is 9.91. The van der Waals surface area contributed by atoms with E-state index in [2.05, 4.69) is 26.2 Å². The van der Waals surface area contributed by atoms with Crippen LogP contribution in [-0.2, 0) is 57.5 Å². The molecule has 2 aliphatic rings. The molecule has 0 aromatic heterocycles. The number of aliphatic hydroxyl groups excluding tert-OH is 1. The minimum absolute atomic E-state index is 0.00177. The molecule has 0 radical (unpaired) electrons. The summed E-state index contributed by atoms with van der Waals surface area (Å²) in [6.45, 7) is 30.9. The molecular weight excluding hydrogens is 1270 g/mol. The Morgan fingerprint density at radius 1 is 0.535 bits per heavy atom. The second kappa shape index (κ2) is 40.5. The Balaban J connectivity index is 3.01. The van der Waals surface area contributed by atoms with E-state index in [4.69, 9.17) is 4.74 Å². The molecule has 0 saturated carbocycles. The fourth-order valence-corrected chi connectivity index (χ4v) is 13.2. The van der Waals surface area contributed by atoms with Crippen LogP contribution in [0.5, 0.6) is 0 Å². The average molecular weight is 1400 g/mol. The number of aliphatic hydroxyl groups is 1. The third-order valence-electron chi connectivity index (χ3n) is 19.9. The highest BCUT2D eigenvalue weighted by Crippen LogP contribution is 2.27. The summed E-state index contributed by atoms with van der Waals surface area (Å²) in [4.78, 5) is 189. The quantitative estimate of drug-likeness (QED) is 0.0895. The number of nitrogens with zero attached hydrogens (tertiary/aromatic N) is 9. The van der Waals surface area contributed by atoms with E-state index in [1.165, 1.54) is 94.6 Å². The third kappa shape index (κ3) is 24.4. The number of piperidine rings is 1. The number of allylic oxidation sites excluding steroid dienone is 2. The molecule has 0 bridgehead atoms. The summed E-state index contributed by atoms with van der Waals surface area (Å²) in [7, 11) is 13.6. The predicted molar refractivity (Wildman–Crippen MR) is 382 cm³/mol. The van der Waals surface area contributed by atoms with Gasteiger partial charge in [0.05, 0.1) is 12.7 Å². The van der Waals surface area contributed by atoms with Gasteiger partial charge in [-0.15, -0.1) is 0 Å². The first kappa shape index (κ1) is 88.2. The lowest BCUT2D eigenvalue weighted by molar-refractivity contribution is -0.157. The van der Waals surface area contributed by atoms with E-state index in [0.29, 0.717) is 0 Å². The Morgan fingerprint density at radius 2 is 1.00 bits per heavy atom. The molecule has 0 spiro atoms. The maximum Gasteiger partial charge on any atom is 0.409 e. The fraction of sp³-hybridized carbons (Fsp3) is 0.806. The van der Waals surface area contributed by atoms with Gasteiger partial charge in [-0.25, -0.2) is 4.79 Å². The number of likely N-dealkylation sites (N-methyl/N-ethyl adjacent to an activating group) is 7. The zero-order valence-electron chi connectivity index (χ0n) is 65.0. The Kier molecular flexibility index (Phi) is 36.1. The molecule has 2 saturated heterocycles. The summed E-state index contributed by atoms with van der Waals surface area (Å²) in [5.74, 6) is -10.9. The summed E-state index contributed by atoms with van der Waals surface area (Å²) in [5, 5.41) is 23.4. The van der Waals surface area contributed by atoms with Crippen LogP contribution in [0.1, 0.15) is 175 Å². The Hall–Kier alpha value is -6.90. The van der Waals surface area contributed by atoms with E-state index in [0.717, 1.165) is 35.7 Å². The third-order valence-corrected chi connectivity index (χ3v) is 19.9. The molecule has 14 atom stereocenters. The van der Waals surface area contributed by atoms with Gasteiger partial charge in [-0.1, -0.05) is 102 Å². The van der Waals surface area contributed by atoms with Crippen LogP contribution in [0.3, 0.4) is 0 Å². The second-order valence-corrected chi connectivity index (χ2v) is 30.1. The van der Waals surface area contributed by atoms with Gasteiger partial charge in [-0.2, -0.15) is 0 Å². The number of ether oxygens (including phenoxy) is 1. The molecule has 0 aromatic carbocycles.